The minimum atomic E-state index is -2.61. The molecule has 266 valence electrons. The first-order valence-electron chi connectivity index (χ1n) is 16.3. The van der Waals surface area contributed by atoms with Crippen LogP contribution in [-0.4, -0.2) is 71.5 Å². The van der Waals surface area contributed by atoms with E-state index in [1.807, 2.05) is 32.9 Å². The molecule has 2 N–H and O–H groups in total. The van der Waals surface area contributed by atoms with Crippen molar-refractivity contribution in [3.63, 3.8) is 0 Å². The van der Waals surface area contributed by atoms with Crippen molar-refractivity contribution in [3.8, 4) is 11.3 Å². The maximum Gasteiger partial charge on any atom is 0.511 e. The zero-order chi connectivity index (χ0) is 35.4. The third kappa shape index (κ3) is 10.9. The number of ether oxygens (including phenoxy) is 5. The van der Waals surface area contributed by atoms with Crippen LogP contribution in [0.3, 0.4) is 0 Å². The molecular weight excluding hydrogens is 642 g/mol. The van der Waals surface area contributed by atoms with Crippen LogP contribution in [0.15, 0.2) is 48.8 Å². The second-order valence-electron chi connectivity index (χ2n) is 12.0. The van der Waals surface area contributed by atoms with Crippen molar-refractivity contribution < 1.29 is 47.2 Å². The smallest absolute Gasteiger partial charge is 0.427 e. The Balaban J connectivity index is 1.28. The molecule has 3 aromatic heterocycles. The summed E-state index contributed by atoms with van der Waals surface area (Å²) in [5.41, 5.74) is 1.29. The molecule has 4 rings (SSSR count). The summed E-state index contributed by atoms with van der Waals surface area (Å²) in [6.45, 7) is 7.90. The molecule has 12 nitrogen and oxygen atoms in total. The van der Waals surface area contributed by atoms with Gasteiger partial charge in [0.15, 0.2) is 6.10 Å². The summed E-state index contributed by atoms with van der Waals surface area (Å²) < 4.78 is 52.1. The van der Waals surface area contributed by atoms with Gasteiger partial charge in [0.2, 0.25) is 6.79 Å². The molecule has 0 aromatic carbocycles. The maximum absolute atomic E-state index is 13.1. The van der Waals surface area contributed by atoms with Gasteiger partial charge >= 0.3 is 12.1 Å². The standard InChI is InChI=1S/C35H44F2N4O8/c1-5-45-19-27(20-46-6-2)49-34(43)48-21-47-33(42)23-7-10-26(11-8-23)35(4,44)29-12-9-25(18-39-29)28-15-22(3)16-31(40-28)41-30-17-24(32(36)37)13-14-38-30/h9,12-18,23,26-27,32,44H,5-8,10-11,19-21H2,1-4H3,(H,38,40,41)/t23-,26-,35-/m1/s1. The monoisotopic (exact) mass is 686 g/mol. The number of nitrogens with one attached hydrogen (secondary N) is 1. The summed E-state index contributed by atoms with van der Waals surface area (Å²) in [7, 11) is 0. The van der Waals surface area contributed by atoms with Crippen molar-refractivity contribution in [2.45, 2.75) is 71.5 Å². The van der Waals surface area contributed by atoms with E-state index in [4.69, 9.17) is 23.7 Å². The maximum atomic E-state index is 13.1. The van der Waals surface area contributed by atoms with Crippen LogP contribution in [0.1, 0.15) is 69.7 Å². The average Bonchev–Trinajstić information content (AvgIpc) is 3.09. The lowest BCUT2D eigenvalue weighted by Crippen LogP contribution is -2.37. The van der Waals surface area contributed by atoms with Crippen molar-refractivity contribution in [3.05, 3.63) is 65.6 Å². The highest BCUT2D eigenvalue weighted by Crippen LogP contribution is 2.41. The van der Waals surface area contributed by atoms with E-state index in [0.29, 0.717) is 61.7 Å². The van der Waals surface area contributed by atoms with E-state index in [9.17, 15) is 23.5 Å². The van der Waals surface area contributed by atoms with Crippen molar-refractivity contribution >= 4 is 23.8 Å². The van der Waals surface area contributed by atoms with Gasteiger partial charge in [-0.1, -0.05) is 0 Å². The van der Waals surface area contributed by atoms with Crippen LogP contribution >= 0.6 is 0 Å². The van der Waals surface area contributed by atoms with Gasteiger partial charge in [-0.25, -0.2) is 23.5 Å². The van der Waals surface area contributed by atoms with Gasteiger partial charge in [-0.2, -0.15) is 0 Å². The molecule has 0 radical (unpaired) electrons. The minimum Gasteiger partial charge on any atom is -0.427 e. The summed E-state index contributed by atoms with van der Waals surface area (Å²) in [5, 5.41) is 14.5. The number of carbonyl (C=O) groups is 2. The third-order valence-electron chi connectivity index (χ3n) is 8.35. The molecule has 49 heavy (non-hydrogen) atoms. The SMILES string of the molecule is CCOCC(COCC)OC(=O)OCOC(=O)[C@H]1CC[C@H]([C@@](C)(O)c2ccc(-c3cc(C)cc(Nc4cc(C(F)F)ccn4)n3)cn2)CC1. The lowest BCUT2D eigenvalue weighted by Gasteiger charge is -2.37. The highest BCUT2D eigenvalue weighted by Gasteiger charge is 2.39. The first-order chi connectivity index (χ1) is 23.5. The highest BCUT2D eigenvalue weighted by molar-refractivity contribution is 5.72. The van der Waals surface area contributed by atoms with Crippen molar-refractivity contribution in [2.75, 3.05) is 38.5 Å². The van der Waals surface area contributed by atoms with Crippen LogP contribution in [-0.2, 0) is 34.1 Å². The molecule has 3 aromatic rings. The van der Waals surface area contributed by atoms with Crippen LogP contribution in [0, 0.1) is 18.8 Å². The Bertz CT molecular complexity index is 1510. The fraction of sp³-hybridized carbons (Fsp3) is 0.514. The topological polar surface area (TPSA) is 151 Å². The molecule has 1 fully saturated rings. The van der Waals surface area contributed by atoms with E-state index in [-0.39, 0.29) is 30.5 Å². The third-order valence-corrected chi connectivity index (χ3v) is 8.35. The Morgan fingerprint density at radius 2 is 1.69 bits per heavy atom. The van der Waals surface area contributed by atoms with E-state index >= 15 is 0 Å². The summed E-state index contributed by atoms with van der Waals surface area (Å²) >= 11 is 0. The van der Waals surface area contributed by atoms with E-state index in [0.717, 1.165) is 5.56 Å². The number of hydrogen-bond acceptors (Lipinski definition) is 12. The number of carbonyl (C=O) groups excluding carboxylic acids is 2. The molecule has 0 bridgehead atoms. The molecule has 0 aliphatic heterocycles. The molecule has 14 heteroatoms. The van der Waals surface area contributed by atoms with Gasteiger partial charge in [0.25, 0.3) is 6.43 Å². The van der Waals surface area contributed by atoms with Gasteiger partial charge in [-0.3, -0.25) is 9.78 Å². The number of halogens is 2. The molecule has 0 unspecified atom stereocenters. The molecule has 1 saturated carbocycles. The van der Waals surface area contributed by atoms with E-state index in [1.54, 1.807) is 25.3 Å². The van der Waals surface area contributed by atoms with Crippen LogP contribution in [0.4, 0.5) is 25.2 Å². The van der Waals surface area contributed by atoms with Crippen LogP contribution < -0.4 is 5.32 Å². The molecule has 0 spiro atoms. The lowest BCUT2D eigenvalue weighted by molar-refractivity contribution is -0.161. The highest BCUT2D eigenvalue weighted by atomic mass is 19.3. The molecule has 1 atom stereocenters. The number of aliphatic hydroxyl groups is 1. The fourth-order valence-corrected chi connectivity index (χ4v) is 5.64. The van der Waals surface area contributed by atoms with Crippen molar-refractivity contribution in [1.29, 1.82) is 0 Å². The van der Waals surface area contributed by atoms with Crippen LogP contribution in [0.5, 0.6) is 0 Å². The number of aromatic nitrogens is 3. The zero-order valence-electron chi connectivity index (χ0n) is 28.2. The van der Waals surface area contributed by atoms with Crippen molar-refractivity contribution in [1.82, 2.24) is 15.0 Å². The van der Waals surface area contributed by atoms with Gasteiger partial charge in [0.1, 0.15) is 17.2 Å². The molecule has 0 amide bonds. The number of esters is 1. The van der Waals surface area contributed by atoms with Gasteiger partial charge in [0.05, 0.1) is 30.5 Å². The van der Waals surface area contributed by atoms with Gasteiger partial charge in [-0.15, -0.1) is 0 Å². The largest absolute Gasteiger partial charge is 0.511 e. The predicted molar refractivity (Wildman–Crippen MR) is 175 cm³/mol. The normalized spacial score (nSPS) is 17.4. The second kappa shape index (κ2) is 17.9. The van der Waals surface area contributed by atoms with Crippen LogP contribution in [0.2, 0.25) is 0 Å². The second-order valence-corrected chi connectivity index (χ2v) is 12.0. The Hall–Kier alpha value is -4.27. The fourth-order valence-electron chi connectivity index (χ4n) is 5.64. The Morgan fingerprint density at radius 3 is 2.33 bits per heavy atom. The summed E-state index contributed by atoms with van der Waals surface area (Å²) in [6, 6.07) is 9.77. The van der Waals surface area contributed by atoms with E-state index in [1.165, 1.54) is 18.3 Å². The Morgan fingerprint density at radius 1 is 0.980 bits per heavy atom. The molecule has 0 saturated heterocycles. The van der Waals surface area contributed by atoms with Gasteiger partial charge in [-0.05, 0) is 101 Å². The minimum absolute atomic E-state index is 0.143. The molecule has 1 aliphatic rings. The summed E-state index contributed by atoms with van der Waals surface area (Å²) in [6.07, 6.45) is 0.812. The number of pyridine rings is 3. The number of rotatable bonds is 16. The van der Waals surface area contributed by atoms with Crippen LogP contribution in [0.25, 0.3) is 11.3 Å². The van der Waals surface area contributed by atoms with E-state index < -0.39 is 43.0 Å². The molecular formula is C35H44F2N4O8. The molecule has 1 aliphatic carbocycles. The number of alkyl halides is 2. The number of nitrogens with zero attached hydrogens (tertiary/aromatic N) is 3. The lowest BCUT2D eigenvalue weighted by atomic mass is 9.73. The predicted octanol–water partition coefficient (Wildman–Crippen LogP) is 6.64. The van der Waals surface area contributed by atoms with Gasteiger partial charge < -0.3 is 34.1 Å². The summed E-state index contributed by atoms with van der Waals surface area (Å²) in [5.74, 6) is -0.337. The zero-order valence-corrected chi connectivity index (χ0v) is 28.2. The average molecular weight is 687 g/mol. The molecule has 3 heterocycles. The summed E-state index contributed by atoms with van der Waals surface area (Å²) in [4.78, 5) is 38.0. The first-order valence-corrected chi connectivity index (χ1v) is 16.3. The number of anilines is 2. The quantitative estimate of drug-likeness (QED) is 0.123. The Labute approximate surface area is 284 Å². The van der Waals surface area contributed by atoms with Gasteiger partial charge in [0, 0.05) is 36.7 Å². The van der Waals surface area contributed by atoms with E-state index in [2.05, 4.69) is 20.3 Å². The Kier molecular flexibility index (Phi) is 13.7. The number of hydrogen-bond donors (Lipinski definition) is 2. The first kappa shape index (κ1) is 37.5. The van der Waals surface area contributed by atoms with Crippen molar-refractivity contribution in [2.24, 2.45) is 11.8 Å². The number of aryl methyl sites for hydroxylation is 1.